The van der Waals surface area contributed by atoms with Gasteiger partial charge in [-0.25, -0.2) is 4.98 Å². The highest BCUT2D eigenvalue weighted by molar-refractivity contribution is 7.80. The van der Waals surface area contributed by atoms with Crippen LogP contribution in [-0.4, -0.2) is 27.6 Å². The van der Waals surface area contributed by atoms with Crippen LogP contribution in [0.1, 0.15) is 37.7 Å². The number of hydrogen-bond acceptors (Lipinski definition) is 3. The third kappa shape index (κ3) is 2.65. The number of fused-ring (bicyclic) bond motifs is 1. The lowest BCUT2D eigenvalue weighted by Gasteiger charge is -2.27. The molecule has 0 aliphatic carbocycles. The summed E-state index contributed by atoms with van der Waals surface area (Å²) in [5.74, 6) is 0. The maximum absolute atomic E-state index is 5.54. The molecule has 1 aromatic heterocycles. The number of hydrogen-bond donors (Lipinski definition) is 1. The van der Waals surface area contributed by atoms with Gasteiger partial charge >= 0.3 is 0 Å². The van der Waals surface area contributed by atoms with E-state index in [2.05, 4.69) is 42.3 Å². The fourth-order valence-electron chi connectivity index (χ4n) is 2.63. The highest BCUT2D eigenvalue weighted by atomic mass is 32.1. The average molecular weight is 305 g/mol. The van der Waals surface area contributed by atoms with Crippen molar-refractivity contribution < 1.29 is 0 Å². The Morgan fingerprint density at radius 3 is 3.00 bits per heavy atom. The van der Waals surface area contributed by atoms with Crippen molar-refractivity contribution in [2.75, 3.05) is 6.54 Å². The van der Waals surface area contributed by atoms with Gasteiger partial charge in [-0.05, 0) is 51.0 Å². The minimum atomic E-state index is 0.339. The van der Waals surface area contributed by atoms with Gasteiger partial charge in [-0.2, -0.15) is 0 Å². The molecule has 0 amide bonds. The maximum atomic E-state index is 5.54. The van der Waals surface area contributed by atoms with E-state index >= 15 is 0 Å². The van der Waals surface area contributed by atoms with Crippen molar-refractivity contribution in [1.82, 2.24) is 15.2 Å². The molecule has 0 radical (unpaired) electrons. The second-order valence-electron chi connectivity index (χ2n) is 5.48. The summed E-state index contributed by atoms with van der Waals surface area (Å²) >= 11 is 7.33. The summed E-state index contributed by atoms with van der Waals surface area (Å²) < 4.78 is 1.26. The predicted octanol–water partition coefficient (Wildman–Crippen LogP) is 3.72. The molecule has 5 heteroatoms. The van der Waals surface area contributed by atoms with E-state index in [4.69, 9.17) is 17.2 Å². The molecule has 1 aliphatic heterocycles. The first-order valence-corrected chi connectivity index (χ1v) is 8.30. The Labute approximate surface area is 129 Å². The van der Waals surface area contributed by atoms with Crippen LogP contribution < -0.4 is 5.32 Å². The van der Waals surface area contributed by atoms with Gasteiger partial charge in [0, 0.05) is 12.6 Å². The van der Waals surface area contributed by atoms with Crippen LogP contribution in [0.15, 0.2) is 24.3 Å². The van der Waals surface area contributed by atoms with E-state index in [1.807, 2.05) is 6.07 Å². The molecule has 1 N–H and O–H groups in total. The van der Waals surface area contributed by atoms with Crippen molar-refractivity contribution in [3.05, 3.63) is 29.3 Å². The number of benzene rings is 1. The van der Waals surface area contributed by atoms with E-state index in [0.29, 0.717) is 12.1 Å². The Hall–Kier alpha value is -1.20. The van der Waals surface area contributed by atoms with E-state index in [-0.39, 0.29) is 0 Å². The van der Waals surface area contributed by atoms with Crippen LogP contribution in [0.4, 0.5) is 0 Å². The van der Waals surface area contributed by atoms with Gasteiger partial charge in [0.1, 0.15) is 5.01 Å². The zero-order valence-electron chi connectivity index (χ0n) is 11.8. The molecule has 3 rings (SSSR count). The van der Waals surface area contributed by atoms with Crippen molar-refractivity contribution in [1.29, 1.82) is 0 Å². The molecule has 0 spiro atoms. The van der Waals surface area contributed by atoms with Gasteiger partial charge in [0.2, 0.25) is 0 Å². The van der Waals surface area contributed by atoms with Gasteiger partial charge in [-0.3, -0.25) is 0 Å². The normalized spacial score (nSPS) is 18.9. The highest BCUT2D eigenvalue weighted by Gasteiger charge is 2.30. The Balaban J connectivity index is 1.86. The lowest BCUT2D eigenvalue weighted by Crippen LogP contribution is -2.42. The number of thiazole rings is 1. The van der Waals surface area contributed by atoms with Gasteiger partial charge in [-0.1, -0.05) is 12.1 Å². The summed E-state index contributed by atoms with van der Waals surface area (Å²) in [5, 5.41) is 5.41. The Morgan fingerprint density at radius 2 is 2.25 bits per heavy atom. The topological polar surface area (TPSA) is 28.2 Å². The Morgan fingerprint density at radius 1 is 1.45 bits per heavy atom. The summed E-state index contributed by atoms with van der Waals surface area (Å²) in [7, 11) is 0. The fraction of sp³-hybridized carbons (Fsp3) is 0.467. The smallest absolute Gasteiger partial charge is 0.169 e. The number of thiocarbonyl (C=S) groups is 1. The molecule has 1 aromatic carbocycles. The number of nitrogens with zero attached hydrogens (tertiary/aromatic N) is 2. The van der Waals surface area contributed by atoms with Crippen molar-refractivity contribution in [2.45, 2.75) is 38.8 Å². The zero-order valence-corrected chi connectivity index (χ0v) is 13.4. The van der Waals surface area contributed by atoms with Gasteiger partial charge < -0.3 is 10.2 Å². The lowest BCUT2D eigenvalue weighted by molar-refractivity contribution is 0.389. The molecule has 20 heavy (non-hydrogen) atoms. The Kier molecular flexibility index (Phi) is 3.89. The highest BCUT2D eigenvalue weighted by Crippen LogP contribution is 2.36. The van der Waals surface area contributed by atoms with Gasteiger partial charge in [0.15, 0.2) is 5.11 Å². The minimum absolute atomic E-state index is 0.339. The van der Waals surface area contributed by atoms with Crippen molar-refractivity contribution in [3.8, 4) is 0 Å². The van der Waals surface area contributed by atoms with Gasteiger partial charge in [0.25, 0.3) is 0 Å². The monoisotopic (exact) mass is 305 g/mol. The molecule has 0 saturated carbocycles. The standard InChI is InChI=1S/C15H19N3S2/c1-10(2)16-15(19)18-9-5-7-12(18)14-17-11-6-3-4-8-13(11)20-14/h3-4,6,8,10,12H,5,7,9H2,1-2H3,(H,16,19)/t12-/m0/s1. The van der Waals surface area contributed by atoms with Crippen LogP contribution in [0, 0.1) is 0 Å². The third-order valence-electron chi connectivity index (χ3n) is 3.52. The first kappa shape index (κ1) is 13.8. The largest absolute Gasteiger partial charge is 0.360 e. The summed E-state index contributed by atoms with van der Waals surface area (Å²) in [4.78, 5) is 7.09. The van der Waals surface area contributed by atoms with E-state index < -0.39 is 0 Å². The second-order valence-corrected chi connectivity index (χ2v) is 6.92. The maximum Gasteiger partial charge on any atom is 0.169 e. The molecule has 3 nitrogen and oxygen atoms in total. The van der Waals surface area contributed by atoms with Crippen LogP contribution in [0.3, 0.4) is 0 Å². The summed E-state index contributed by atoms with van der Waals surface area (Å²) in [5.41, 5.74) is 1.10. The van der Waals surface area contributed by atoms with Crippen molar-refractivity contribution in [2.24, 2.45) is 0 Å². The average Bonchev–Trinajstić information content (AvgIpc) is 3.04. The van der Waals surface area contributed by atoms with Crippen molar-refractivity contribution >= 4 is 38.9 Å². The molecular weight excluding hydrogens is 286 g/mol. The number of nitrogens with one attached hydrogen (secondary N) is 1. The van der Waals surface area contributed by atoms with Crippen LogP contribution in [0.25, 0.3) is 10.2 Å². The summed E-state index contributed by atoms with van der Waals surface area (Å²) in [6.07, 6.45) is 2.32. The molecule has 0 unspecified atom stereocenters. The summed E-state index contributed by atoms with van der Waals surface area (Å²) in [6, 6.07) is 9.05. The summed E-state index contributed by atoms with van der Waals surface area (Å²) in [6.45, 7) is 5.27. The molecular formula is C15H19N3S2. The van der Waals surface area contributed by atoms with E-state index in [1.54, 1.807) is 11.3 Å². The van der Waals surface area contributed by atoms with E-state index in [0.717, 1.165) is 23.6 Å². The molecule has 1 saturated heterocycles. The lowest BCUT2D eigenvalue weighted by atomic mass is 10.2. The second kappa shape index (κ2) is 5.66. The number of aromatic nitrogens is 1. The third-order valence-corrected chi connectivity index (χ3v) is 5.01. The van der Waals surface area contributed by atoms with Crippen LogP contribution in [0.2, 0.25) is 0 Å². The molecule has 106 valence electrons. The molecule has 1 atom stereocenters. The zero-order chi connectivity index (χ0) is 14.1. The van der Waals surface area contributed by atoms with Gasteiger partial charge in [0.05, 0.1) is 16.3 Å². The van der Waals surface area contributed by atoms with Gasteiger partial charge in [-0.15, -0.1) is 11.3 Å². The quantitative estimate of drug-likeness (QED) is 0.856. The van der Waals surface area contributed by atoms with Crippen LogP contribution >= 0.6 is 23.6 Å². The number of likely N-dealkylation sites (tertiary alicyclic amines) is 1. The molecule has 0 bridgehead atoms. The molecule has 2 aromatic rings. The van der Waals surface area contributed by atoms with Crippen LogP contribution in [0.5, 0.6) is 0 Å². The van der Waals surface area contributed by atoms with Crippen molar-refractivity contribution in [3.63, 3.8) is 0 Å². The first-order valence-electron chi connectivity index (χ1n) is 7.08. The predicted molar refractivity (Wildman–Crippen MR) is 89.2 cm³/mol. The van der Waals surface area contributed by atoms with E-state index in [1.165, 1.54) is 16.1 Å². The molecule has 2 heterocycles. The van der Waals surface area contributed by atoms with Crippen LogP contribution in [-0.2, 0) is 0 Å². The number of para-hydroxylation sites is 1. The minimum Gasteiger partial charge on any atom is -0.360 e. The first-order chi connectivity index (χ1) is 9.65. The SMILES string of the molecule is CC(C)NC(=S)N1CCC[C@H]1c1nc2ccccc2s1. The van der Waals surface area contributed by atoms with E-state index in [9.17, 15) is 0 Å². The molecule has 1 aliphatic rings. The molecule has 1 fully saturated rings. The Bertz CT molecular complexity index is 587. The number of rotatable bonds is 2. The fourth-order valence-corrected chi connectivity index (χ4v) is 4.20.